The molecule has 7 heteroatoms. The normalized spacial score (nSPS) is 25.1. The molecule has 3 heterocycles. The van der Waals surface area contributed by atoms with Crippen molar-refractivity contribution in [2.24, 2.45) is 10.4 Å². The summed E-state index contributed by atoms with van der Waals surface area (Å²) in [5.41, 5.74) is 2.05. The average molecular weight is 319 g/mol. The third kappa shape index (κ3) is 3.18. The molecule has 126 valence electrons. The number of aliphatic imine (C=N–C) groups is 1. The number of likely N-dealkylation sites (tertiary alicyclic amines) is 1. The van der Waals surface area contributed by atoms with Gasteiger partial charge in [-0.15, -0.1) is 0 Å². The number of piperidine rings is 1. The molecule has 2 aliphatic heterocycles. The zero-order valence-corrected chi connectivity index (χ0v) is 14.1. The summed E-state index contributed by atoms with van der Waals surface area (Å²) in [4.78, 5) is 18.3. The van der Waals surface area contributed by atoms with Gasteiger partial charge in [0.25, 0.3) is 0 Å². The maximum Gasteiger partial charge on any atom is 0.220 e. The predicted octanol–water partition coefficient (Wildman–Crippen LogP) is 0.969. The van der Waals surface area contributed by atoms with Crippen LogP contribution in [0.4, 0.5) is 0 Å². The first kappa shape index (κ1) is 15.8. The summed E-state index contributed by atoms with van der Waals surface area (Å²) in [5.74, 6) is 1.89. The summed E-state index contributed by atoms with van der Waals surface area (Å²) in [6.07, 6.45) is 2.81. The molecule has 3 rings (SSSR count). The Kier molecular flexibility index (Phi) is 4.28. The second-order valence-electron chi connectivity index (χ2n) is 6.68. The lowest BCUT2D eigenvalue weighted by molar-refractivity contribution is -0.119. The molecule has 7 nitrogen and oxygen atoms in total. The van der Waals surface area contributed by atoms with Crippen LogP contribution in [0.2, 0.25) is 0 Å². The second kappa shape index (κ2) is 6.22. The van der Waals surface area contributed by atoms with Crippen LogP contribution in [0.15, 0.2) is 9.52 Å². The topological polar surface area (TPSA) is 82.8 Å². The monoisotopic (exact) mass is 319 g/mol. The van der Waals surface area contributed by atoms with Gasteiger partial charge in [0.2, 0.25) is 5.91 Å². The van der Waals surface area contributed by atoms with Crippen molar-refractivity contribution in [1.29, 1.82) is 0 Å². The first-order chi connectivity index (χ1) is 11.0. The van der Waals surface area contributed by atoms with E-state index in [1.165, 1.54) is 0 Å². The Morgan fingerprint density at radius 1 is 1.52 bits per heavy atom. The van der Waals surface area contributed by atoms with E-state index in [1.54, 1.807) is 7.05 Å². The lowest BCUT2D eigenvalue weighted by Gasteiger charge is -2.40. The van der Waals surface area contributed by atoms with Gasteiger partial charge in [0, 0.05) is 50.6 Å². The number of carbonyl (C=O) groups is 1. The molecule has 0 bridgehead atoms. The zero-order valence-electron chi connectivity index (χ0n) is 14.1. The van der Waals surface area contributed by atoms with Crippen LogP contribution in [0.1, 0.15) is 36.3 Å². The lowest BCUT2D eigenvalue weighted by atomic mass is 9.79. The lowest BCUT2D eigenvalue weighted by Crippen LogP contribution is -2.51. The van der Waals surface area contributed by atoms with Crippen LogP contribution >= 0.6 is 0 Å². The van der Waals surface area contributed by atoms with Gasteiger partial charge in [-0.05, 0) is 26.7 Å². The molecular weight excluding hydrogens is 294 g/mol. The molecule has 2 N–H and O–H groups in total. The number of amides is 1. The number of guanidine groups is 1. The minimum Gasteiger partial charge on any atom is -0.361 e. The fraction of sp³-hybridized carbons (Fsp3) is 0.688. The van der Waals surface area contributed by atoms with Crippen LogP contribution in [-0.2, 0) is 11.3 Å². The molecule has 0 saturated carbocycles. The second-order valence-corrected chi connectivity index (χ2v) is 6.68. The van der Waals surface area contributed by atoms with E-state index in [0.29, 0.717) is 13.0 Å². The first-order valence-electron chi connectivity index (χ1n) is 8.17. The molecule has 1 aromatic rings. The van der Waals surface area contributed by atoms with Gasteiger partial charge in [0.1, 0.15) is 5.76 Å². The van der Waals surface area contributed by atoms with Crippen LogP contribution in [0, 0.1) is 19.3 Å². The van der Waals surface area contributed by atoms with Gasteiger partial charge in [-0.3, -0.25) is 9.79 Å². The Morgan fingerprint density at radius 2 is 2.35 bits per heavy atom. The number of aromatic nitrogens is 1. The maximum atomic E-state index is 11.6. The van der Waals surface area contributed by atoms with Crippen LogP contribution in [0.5, 0.6) is 0 Å². The van der Waals surface area contributed by atoms with Crippen molar-refractivity contribution in [3.05, 3.63) is 17.0 Å². The fourth-order valence-corrected chi connectivity index (χ4v) is 3.68. The Morgan fingerprint density at radius 3 is 2.96 bits per heavy atom. The summed E-state index contributed by atoms with van der Waals surface area (Å²) >= 11 is 0. The van der Waals surface area contributed by atoms with E-state index < -0.39 is 0 Å². The molecule has 2 fully saturated rings. The van der Waals surface area contributed by atoms with E-state index in [2.05, 4.69) is 25.7 Å². The molecule has 1 unspecified atom stereocenters. The number of carbonyl (C=O) groups excluding carboxylic acids is 1. The van der Waals surface area contributed by atoms with E-state index in [-0.39, 0.29) is 11.3 Å². The summed E-state index contributed by atoms with van der Waals surface area (Å²) in [6.45, 7) is 7.13. The van der Waals surface area contributed by atoms with Gasteiger partial charge in [0.05, 0.1) is 5.69 Å². The van der Waals surface area contributed by atoms with Crippen molar-refractivity contribution < 1.29 is 9.32 Å². The Labute approximate surface area is 136 Å². The molecule has 1 spiro atoms. The smallest absolute Gasteiger partial charge is 0.220 e. The largest absolute Gasteiger partial charge is 0.361 e. The minimum absolute atomic E-state index is 0.0655. The first-order valence-corrected chi connectivity index (χ1v) is 8.17. The van der Waals surface area contributed by atoms with E-state index in [4.69, 9.17) is 4.52 Å². The van der Waals surface area contributed by atoms with Crippen molar-refractivity contribution >= 4 is 11.9 Å². The van der Waals surface area contributed by atoms with Gasteiger partial charge in [0.15, 0.2) is 5.96 Å². The van der Waals surface area contributed by atoms with Gasteiger partial charge in [-0.2, -0.15) is 0 Å². The van der Waals surface area contributed by atoms with Crippen molar-refractivity contribution in [2.75, 3.05) is 26.7 Å². The van der Waals surface area contributed by atoms with Crippen molar-refractivity contribution in [1.82, 2.24) is 20.7 Å². The van der Waals surface area contributed by atoms with Crippen molar-refractivity contribution in [3.8, 4) is 0 Å². The summed E-state index contributed by atoms with van der Waals surface area (Å²) in [5, 5.41) is 10.4. The van der Waals surface area contributed by atoms with Gasteiger partial charge < -0.3 is 20.1 Å². The standard InChI is InChI=1S/C16H25N5O2/c1-11-13(12(2)23-20-11)8-18-15(17-3)21-6-4-5-16(10-21)7-14(22)19-9-16/h4-10H2,1-3H3,(H,17,18)(H,19,22). The fourth-order valence-electron chi connectivity index (χ4n) is 3.68. The molecule has 0 aliphatic carbocycles. The highest BCUT2D eigenvalue weighted by molar-refractivity contribution is 5.81. The third-order valence-electron chi connectivity index (χ3n) is 4.97. The van der Waals surface area contributed by atoms with E-state index in [1.807, 2.05) is 13.8 Å². The Balaban J connectivity index is 1.65. The van der Waals surface area contributed by atoms with Crippen molar-refractivity contribution in [3.63, 3.8) is 0 Å². The SMILES string of the molecule is CN=C(NCc1c(C)noc1C)N1CCCC2(CNC(=O)C2)C1. The van der Waals surface area contributed by atoms with E-state index in [0.717, 1.165) is 55.5 Å². The highest BCUT2D eigenvalue weighted by Gasteiger charge is 2.42. The molecule has 1 atom stereocenters. The summed E-state index contributed by atoms with van der Waals surface area (Å²) < 4.78 is 5.21. The summed E-state index contributed by atoms with van der Waals surface area (Å²) in [7, 11) is 1.80. The van der Waals surface area contributed by atoms with Crippen LogP contribution in [0.25, 0.3) is 0 Å². The Hall–Kier alpha value is -2.05. The third-order valence-corrected chi connectivity index (χ3v) is 4.97. The summed E-state index contributed by atoms with van der Waals surface area (Å²) in [6, 6.07) is 0. The molecule has 23 heavy (non-hydrogen) atoms. The van der Waals surface area contributed by atoms with E-state index >= 15 is 0 Å². The molecule has 2 aliphatic rings. The Bertz CT molecular complexity index is 604. The van der Waals surface area contributed by atoms with Gasteiger partial charge in [-0.1, -0.05) is 5.16 Å². The number of aryl methyl sites for hydroxylation is 2. The molecule has 2 saturated heterocycles. The molecule has 0 radical (unpaired) electrons. The number of hydrogen-bond donors (Lipinski definition) is 2. The molecule has 1 aromatic heterocycles. The molecule has 1 amide bonds. The maximum absolute atomic E-state index is 11.6. The van der Waals surface area contributed by atoms with Crippen molar-refractivity contribution in [2.45, 2.75) is 39.7 Å². The number of rotatable bonds is 2. The van der Waals surface area contributed by atoms with E-state index in [9.17, 15) is 4.79 Å². The number of nitrogens with one attached hydrogen (secondary N) is 2. The van der Waals surface area contributed by atoms with Crippen LogP contribution in [-0.4, -0.2) is 48.6 Å². The number of nitrogens with zero attached hydrogens (tertiary/aromatic N) is 3. The van der Waals surface area contributed by atoms with Gasteiger partial charge in [-0.25, -0.2) is 0 Å². The highest BCUT2D eigenvalue weighted by atomic mass is 16.5. The quantitative estimate of drug-likeness (QED) is 0.627. The molecular formula is C16H25N5O2. The zero-order chi connectivity index (χ0) is 16.4. The average Bonchev–Trinajstić information content (AvgIpc) is 3.04. The number of hydrogen-bond acceptors (Lipinski definition) is 4. The predicted molar refractivity (Wildman–Crippen MR) is 87.0 cm³/mol. The van der Waals surface area contributed by atoms with Gasteiger partial charge >= 0.3 is 0 Å². The van der Waals surface area contributed by atoms with Crippen LogP contribution in [0.3, 0.4) is 0 Å². The van der Waals surface area contributed by atoms with Crippen LogP contribution < -0.4 is 10.6 Å². The minimum atomic E-state index is 0.0655. The highest BCUT2D eigenvalue weighted by Crippen LogP contribution is 2.36. The molecule has 0 aromatic carbocycles.